The minimum atomic E-state index is -4.15. The Kier molecular flexibility index (Phi) is 8.55. The molecule has 0 aliphatic carbocycles. The second kappa shape index (κ2) is 11.1. The zero-order chi connectivity index (χ0) is 22.9. The Morgan fingerprint density at radius 2 is 1.71 bits per heavy atom. The number of nitrogens with one attached hydrogen (secondary N) is 2. The van der Waals surface area contributed by atoms with Crippen LogP contribution in [0.3, 0.4) is 0 Å². The summed E-state index contributed by atoms with van der Waals surface area (Å²) in [7, 11) is -1.43. The van der Waals surface area contributed by atoms with Crippen LogP contribution in [0.1, 0.15) is 35.7 Å². The predicted octanol–water partition coefficient (Wildman–Crippen LogP) is 2.10. The lowest BCUT2D eigenvalue weighted by molar-refractivity contribution is 0.0499. The van der Waals surface area contributed by atoms with Gasteiger partial charge in [0.1, 0.15) is 0 Å². The van der Waals surface area contributed by atoms with Crippen LogP contribution >= 0.6 is 0 Å². The first-order valence-electron chi connectivity index (χ1n) is 9.31. The van der Waals surface area contributed by atoms with Crippen LogP contribution in [0, 0.1) is 0 Å². The number of urea groups is 1. The Morgan fingerprint density at radius 3 is 2.32 bits per heavy atom. The Bertz CT molecular complexity index is 1010. The number of carbonyl (C=O) groups excluding carboxylic acids is 2. The molecule has 2 aromatic rings. The molecule has 1 heterocycles. The number of hydrogen-bond acceptors (Lipinski definition) is 9. The predicted molar refractivity (Wildman–Crippen MR) is 112 cm³/mol. The highest BCUT2D eigenvalue weighted by molar-refractivity contribution is 7.89. The first-order chi connectivity index (χ1) is 14.8. The number of rotatable bonds is 10. The number of esters is 1. The normalized spacial score (nSPS) is 10.8. The maximum atomic E-state index is 12.5. The molecular weight excluding hydrogens is 428 g/mol. The summed E-state index contributed by atoms with van der Waals surface area (Å²) in [5.74, 6) is -1.23. The molecule has 1 aromatic carbocycles. The van der Waals surface area contributed by atoms with Crippen molar-refractivity contribution in [1.82, 2.24) is 14.7 Å². The van der Waals surface area contributed by atoms with Crippen LogP contribution in [-0.4, -0.2) is 51.2 Å². The number of carbonyl (C=O) groups is 2. The topological polar surface area (TPSA) is 146 Å². The minimum absolute atomic E-state index is 0.112. The number of sulfonamides is 1. The highest BCUT2D eigenvalue weighted by Crippen LogP contribution is 2.17. The number of amides is 2. The lowest BCUT2D eigenvalue weighted by atomic mass is 10.1. The van der Waals surface area contributed by atoms with Gasteiger partial charge in [0.05, 0.1) is 38.2 Å². The maximum absolute atomic E-state index is 12.5. The largest absolute Gasteiger partial charge is 0.481 e. The van der Waals surface area contributed by atoms with Crippen LogP contribution in [0.2, 0.25) is 0 Å². The zero-order valence-electron chi connectivity index (χ0n) is 17.4. The van der Waals surface area contributed by atoms with Gasteiger partial charge >= 0.3 is 12.0 Å². The van der Waals surface area contributed by atoms with Gasteiger partial charge in [-0.05, 0) is 18.1 Å². The number of aromatic nitrogens is 2. The molecule has 12 heteroatoms. The minimum Gasteiger partial charge on any atom is -0.481 e. The standard InChI is InChI=1S/C19H24N4O7S/c1-4-5-10-30-17(24)14-9-7-6-8-13(14)12-31(26,27)23-19(25)22-18-20-15(28-2)11-16(21-18)29-3/h6-9,11H,4-5,10,12H2,1-3H3,(H2,20,21,22,23,25). The molecule has 2 amide bonds. The number of benzene rings is 1. The van der Waals surface area contributed by atoms with Crippen molar-refractivity contribution in [1.29, 1.82) is 0 Å². The monoisotopic (exact) mass is 452 g/mol. The SMILES string of the molecule is CCCCOC(=O)c1ccccc1CS(=O)(=O)NC(=O)Nc1nc(OC)cc(OC)n1. The average molecular weight is 452 g/mol. The van der Waals surface area contributed by atoms with Gasteiger partial charge in [0.15, 0.2) is 0 Å². The van der Waals surface area contributed by atoms with Crippen molar-refractivity contribution in [2.45, 2.75) is 25.5 Å². The number of hydrogen-bond donors (Lipinski definition) is 2. The molecule has 0 unspecified atom stereocenters. The van der Waals surface area contributed by atoms with Gasteiger partial charge in [-0.25, -0.2) is 22.7 Å². The highest BCUT2D eigenvalue weighted by atomic mass is 32.2. The van der Waals surface area contributed by atoms with Gasteiger partial charge in [-0.3, -0.25) is 5.32 Å². The Hall–Kier alpha value is -3.41. The molecule has 0 aliphatic heterocycles. The summed E-state index contributed by atoms with van der Waals surface area (Å²) >= 11 is 0. The fourth-order valence-corrected chi connectivity index (χ4v) is 3.48. The van der Waals surface area contributed by atoms with E-state index in [1.54, 1.807) is 12.1 Å². The van der Waals surface area contributed by atoms with E-state index in [0.717, 1.165) is 6.42 Å². The van der Waals surface area contributed by atoms with Gasteiger partial charge in [0, 0.05) is 0 Å². The van der Waals surface area contributed by atoms with Gasteiger partial charge in [-0.2, -0.15) is 9.97 Å². The van der Waals surface area contributed by atoms with E-state index >= 15 is 0 Å². The van der Waals surface area contributed by atoms with Crippen LogP contribution in [-0.2, 0) is 20.5 Å². The van der Waals surface area contributed by atoms with Gasteiger partial charge in [-0.15, -0.1) is 0 Å². The summed E-state index contributed by atoms with van der Waals surface area (Å²) in [5.41, 5.74) is 0.314. The molecule has 0 spiro atoms. The summed E-state index contributed by atoms with van der Waals surface area (Å²) in [6.07, 6.45) is 1.55. The highest BCUT2D eigenvalue weighted by Gasteiger charge is 2.21. The van der Waals surface area contributed by atoms with E-state index in [2.05, 4.69) is 15.3 Å². The van der Waals surface area contributed by atoms with E-state index in [9.17, 15) is 18.0 Å². The second-order valence-electron chi connectivity index (χ2n) is 6.24. The molecule has 0 fully saturated rings. The third-order valence-electron chi connectivity index (χ3n) is 3.88. The molecule has 11 nitrogen and oxygen atoms in total. The second-order valence-corrected chi connectivity index (χ2v) is 7.96. The molecule has 0 radical (unpaired) electrons. The first kappa shape index (κ1) is 23.9. The molecule has 0 saturated heterocycles. The molecule has 31 heavy (non-hydrogen) atoms. The van der Waals surface area contributed by atoms with E-state index in [4.69, 9.17) is 14.2 Å². The van der Waals surface area contributed by atoms with Gasteiger partial charge in [0.25, 0.3) is 0 Å². The average Bonchev–Trinajstić information content (AvgIpc) is 2.72. The van der Waals surface area contributed by atoms with Crippen molar-refractivity contribution in [2.24, 2.45) is 0 Å². The molecular formula is C19H24N4O7S. The van der Waals surface area contributed by atoms with Crippen LogP contribution in [0.5, 0.6) is 11.8 Å². The van der Waals surface area contributed by atoms with E-state index in [-0.39, 0.29) is 35.4 Å². The molecule has 0 atom stereocenters. The van der Waals surface area contributed by atoms with Crippen LogP contribution in [0.25, 0.3) is 0 Å². The van der Waals surface area contributed by atoms with Crippen LogP contribution in [0.4, 0.5) is 10.7 Å². The van der Waals surface area contributed by atoms with Crippen molar-refractivity contribution in [3.63, 3.8) is 0 Å². The summed E-state index contributed by atoms with van der Waals surface area (Å²) in [6, 6.07) is 6.43. The number of nitrogens with zero attached hydrogens (tertiary/aromatic N) is 2. The van der Waals surface area contributed by atoms with Crippen molar-refractivity contribution >= 4 is 28.0 Å². The van der Waals surface area contributed by atoms with Gasteiger partial charge in [0.2, 0.25) is 27.7 Å². The number of unbranched alkanes of at least 4 members (excludes halogenated alkanes) is 1. The quantitative estimate of drug-likeness (QED) is 0.409. The third kappa shape index (κ3) is 7.41. The number of anilines is 1. The molecule has 2 rings (SSSR count). The summed E-state index contributed by atoms with van der Waals surface area (Å²) in [4.78, 5) is 32.2. The number of methoxy groups -OCH3 is 2. The maximum Gasteiger partial charge on any atom is 0.338 e. The van der Waals surface area contributed by atoms with E-state index in [0.29, 0.717) is 6.42 Å². The van der Waals surface area contributed by atoms with E-state index in [1.807, 2.05) is 11.6 Å². The lowest BCUT2D eigenvalue weighted by Crippen LogP contribution is -2.36. The van der Waals surface area contributed by atoms with Crippen LogP contribution in [0.15, 0.2) is 30.3 Å². The van der Waals surface area contributed by atoms with Crippen LogP contribution < -0.4 is 19.5 Å². The van der Waals surface area contributed by atoms with E-state index in [1.165, 1.54) is 32.4 Å². The fraction of sp³-hybridized carbons (Fsp3) is 0.368. The summed E-state index contributed by atoms with van der Waals surface area (Å²) < 4.78 is 41.9. The van der Waals surface area contributed by atoms with Crippen molar-refractivity contribution in [3.8, 4) is 11.8 Å². The van der Waals surface area contributed by atoms with Crippen molar-refractivity contribution in [3.05, 3.63) is 41.5 Å². The van der Waals surface area contributed by atoms with Crippen molar-refractivity contribution < 1.29 is 32.2 Å². The zero-order valence-corrected chi connectivity index (χ0v) is 18.2. The molecule has 1 aromatic heterocycles. The first-order valence-corrected chi connectivity index (χ1v) is 11.0. The fourth-order valence-electron chi connectivity index (χ4n) is 2.41. The Balaban J connectivity index is 2.09. The Morgan fingerprint density at radius 1 is 1.06 bits per heavy atom. The summed E-state index contributed by atoms with van der Waals surface area (Å²) in [6.45, 7) is 2.19. The lowest BCUT2D eigenvalue weighted by Gasteiger charge is -2.12. The molecule has 0 bridgehead atoms. The van der Waals surface area contributed by atoms with E-state index < -0.39 is 27.8 Å². The molecule has 2 N–H and O–H groups in total. The van der Waals surface area contributed by atoms with Gasteiger partial charge < -0.3 is 14.2 Å². The molecule has 0 aliphatic rings. The molecule has 0 saturated carbocycles. The smallest absolute Gasteiger partial charge is 0.338 e. The van der Waals surface area contributed by atoms with Crippen molar-refractivity contribution in [2.75, 3.05) is 26.1 Å². The van der Waals surface area contributed by atoms with Gasteiger partial charge in [-0.1, -0.05) is 31.5 Å². The molecule has 168 valence electrons. The number of ether oxygens (including phenoxy) is 3. The third-order valence-corrected chi connectivity index (χ3v) is 5.07. The summed E-state index contributed by atoms with van der Waals surface area (Å²) in [5, 5.41) is 2.20. The Labute approximate surface area is 180 Å².